The molecule has 5 heteroatoms. The first-order chi connectivity index (χ1) is 8.74. The molecule has 0 atom stereocenters. The van der Waals surface area contributed by atoms with E-state index in [1.54, 1.807) is 6.20 Å². The van der Waals surface area contributed by atoms with Gasteiger partial charge in [0.2, 0.25) is 5.28 Å². The fraction of sp³-hybridized carbons (Fsp3) is 0.154. The van der Waals surface area contributed by atoms with E-state index in [1.807, 2.05) is 30.1 Å². The maximum absolute atomic E-state index is 5.79. The average molecular weight is 259 g/mol. The van der Waals surface area contributed by atoms with Crippen LogP contribution in [0.25, 0.3) is 11.0 Å². The van der Waals surface area contributed by atoms with Gasteiger partial charge in [0.1, 0.15) is 0 Å². The molecule has 3 rings (SSSR count). The number of para-hydroxylation sites is 1. The highest BCUT2D eigenvalue weighted by Gasteiger charge is 2.07. The number of benzene rings is 1. The minimum atomic E-state index is 0.278. The Morgan fingerprint density at radius 3 is 2.94 bits per heavy atom. The van der Waals surface area contributed by atoms with Crippen LogP contribution in [0, 0.1) is 0 Å². The number of hydrogen-bond acceptors (Lipinski definition) is 3. The van der Waals surface area contributed by atoms with Gasteiger partial charge >= 0.3 is 0 Å². The van der Waals surface area contributed by atoms with Gasteiger partial charge in [0.05, 0.1) is 17.4 Å². The molecule has 2 aromatic heterocycles. The van der Waals surface area contributed by atoms with Crippen LogP contribution in [-0.4, -0.2) is 19.5 Å². The van der Waals surface area contributed by atoms with Gasteiger partial charge in [-0.05, 0) is 29.3 Å². The van der Waals surface area contributed by atoms with E-state index in [0.717, 1.165) is 22.3 Å². The largest absolute Gasteiger partial charge is 0.334 e. The SMILES string of the molecule is Cn1cnc2c(Cc3ccnc(Cl)n3)cccc21. The van der Waals surface area contributed by atoms with Crippen molar-refractivity contribution in [1.29, 1.82) is 0 Å². The Balaban J connectivity index is 2.05. The van der Waals surface area contributed by atoms with Crippen molar-refractivity contribution in [2.75, 3.05) is 0 Å². The Morgan fingerprint density at radius 2 is 2.11 bits per heavy atom. The summed E-state index contributed by atoms with van der Waals surface area (Å²) < 4.78 is 2.01. The van der Waals surface area contributed by atoms with E-state index in [9.17, 15) is 0 Å². The number of aromatic nitrogens is 4. The molecule has 0 aliphatic heterocycles. The van der Waals surface area contributed by atoms with E-state index in [1.165, 1.54) is 0 Å². The Kier molecular flexibility index (Phi) is 2.72. The first kappa shape index (κ1) is 11.2. The molecule has 0 fully saturated rings. The van der Waals surface area contributed by atoms with Gasteiger partial charge in [-0.15, -0.1) is 0 Å². The molecule has 0 aliphatic rings. The summed E-state index contributed by atoms with van der Waals surface area (Å²) in [5.74, 6) is 0. The first-order valence-electron chi connectivity index (χ1n) is 5.60. The zero-order valence-corrected chi connectivity index (χ0v) is 10.6. The summed E-state index contributed by atoms with van der Waals surface area (Å²) in [6, 6.07) is 8.01. The van der Waals surface area contributed by atoms with E-state index in [4.69, 9.17) is 11.6 Å². The van der Waals surface area contributed by atoms with E-state index >= 15 is 0 Å². The molecule has 0 unspecified atom stereocenters. The van der Waals surface area contributed by atoms with Crippen molar-refractivity contribution in [2.24, 2.45) is 7.05 Å². The minimum Gasteiger partial charge on any atom is -0.334 e. The molecule has 1 aromatic carbocycles. The summed E-state index contributed by atoms with van der Waals surface area (Å²) in [4.78, 5) is 12.5. The molecule has 0 radical (unpaired) electrons. The summed E-state index contributed by atoms with van der Waals surface area (Å²) in [6.07, 6.45) is 4.20. The van der Waals surface area contributed by atoms with Crippen molar-refractivity contribution in [2.45, 2.75) is 6.42 Å². The maximum Gasteiger partial charge on any atom is 0.222 e. The van der Waals surface area contributed by atoms with E-state index < -0.39 is 0 Å². The van der Waals surface area contributed by atoms with E-state index in [2.05, 4.69) is 27.1 Å². The first-order valence-corrected chi connectivity index (χ1v) is 5.98. The van der Waals surface area contributed by atoms with Crippen molar-refractivity contribution < 1.29 is 0 Å². The Bertz CT molecular complexity index is 705. The van der Waals surface area contributed by atoms with Crippen molar-refractivity contribution >= 4 is 22.6 Å². The Hall–Kier alpha value is -1.94. The standard InChI is InChI=1S/C13H11ClN4/c1-18-8-16-12-9(3-2-4-11(12)18)7-10-5-6-15-13(14)17-10/h2-6,8H,7H2,1H3. The molecule has 0 saturated carbocycles. The lowest BCUT2D eigenvalue weighted by Crippen LogP contribution is -1.95. The second-order valence-electron chi connectivity index (χ2n) is 4.13. The summed E-state index contributed by atoms with van der Waals surface area (Å²) in [7, 11) is 1.99. The molecule has 18 heavy (non-hydrogen) atoms. The molecule has 90 valence electrons. The van der Waals surface area contributed by atoms with Crippen LogP contribution in [-0.2, 0) is 13.5 Å². The molecule has 0 amide bonds. The van der Waals surface area contributed by atoms with Gasteiger partial charge < -0.3 is 4.57 Å². The smallest absolute Gasteiger partial charge is 0.222 e. The van der Waals surface area contributed by atoms with Crippen LogP contribution >= 0.6 is 11.6 Å². The summed E-state index contributed by atoms with van der Waals surface area (Å²) >= 11 is 5.79. The van der Waals surface area contributed by atoms with Gasteiger partial charge in [-0.1, -0.05) is 12.1 Å². The zero-order chi connectivity index (χ0) is 12.5. The van der Waals surface area contributed by atoms with Crippen LogP contribution in [0.3, 0.4) is 0 Å². The van der Waals surface area contributed by atoms with Crippen molar-refractivity contribution in [3.05, 3.63) is 53.3 Å². The third-order valence-corrected chi connectivity index (χ3v) is 3.08. The molecular weight excluding hydrogens is 248 g/mol. The lowest BCUT2D eigenvalue weighted by Gasteiger charge is -2.03. The number of fused-ring (bicyclic) bond motifs is 1. The third kappa shape index (κ3) is 1.95. The maximum atomic E-state index is 5.79. The average Bonchev–Trinajstić information content (AvgIpc) is 2.73. The molecule has 4 nitrogen and oxygen atoms in total. The monoisotopic (exact) mass is 258 g/mol. The van der Waals surface area contributed by atoms with Gasteiger partial charge in [-0.25, -0.2) is 15.0 Å². The predicted octanol–water partition coefficient (Wildman–Crippen LogP) is 2.61. The van der Waals surface area contributed by atoms with E-state index in [0.29, 0.717) is 6.42 Å². The molecule has 0 spiro atoms. The lowest BCUT2D eigenvalue weighted by atomic mass is 10.1. The normalized spacial score (nSPS) is 11.0. The van der Waals surface area contributed by atoms with Gasteiger partial charge in [-0.2, -0.15) is 0 Å². The molecule has 0 bridgehead atoms. The van der Waals surface area contributed by atoms with Crippen LogP contribution in [0.4, 0.5) is 0 Å². The predicted molar refractivity (Wildman–Crippen MR) is 70.6 cm³/mol. The summed E-state index contributed by atoms with van der Waals surface area (Å²) in [6.45, 7) is 0. The lowest BCUT2D eigenvalue weighted by molar-refractivity contribution is 0.947. The second-order valence-corrected chi connectivity index (χ2v) is 4.47. The summed E-state index contributed by atoms with van der Waals surface area (Å²) in [5, 5.41) is 0.278. The van der Waals surface area contributed by atoms with Crippen LogP contribution < -0.4 is 0 Å². The minimum absolute atomic E-state index is 0.278. The van der Waals surface area contributed by atoms with Gasteiger partial charge in [0, 0.05) is 25.4 Å². The van der Waals surface area contributed by atoms with E-state index in [-0.39, 0.29) is 5.28 Å². The quantitative estimate of drug-likeness (QED) is 0.664. The third-order valence-electron chi connectivity index (χ3n) is 2.89. The zero-order valence-electron chi connectivity index (χ0n) is 9.84. The molecular formula is C13H11ClN4. The Labute approximate surface area is 109 Å². The topological polar surface area (TPSA) is 43.6 Å². The molecule has 3 aromatic rings. The van der Waals surface area contributed by atoms with Crippen LogP contribution in [0.15, 0.2) is 36.8 Å². The number of rotatable bonds is 2. The highest BCUT2D eigenvalue weighted by molar-refractivity contribution is 6.28. The van der Waals surface area contributed by atoms with Crippen molar-refractivity contribution in [3.63, 3.8) is 0 Å². The van der Waals surface area contributed by atoms with Crippen molar-refractivity contribution in [1.82, 2.24) is 19.5 Å². The number of halogens is 1. The number of imidazole rings is 1. The number of aryl methyl sites for hydroxylation is 1. The highest BCUT2D eigenvalue weighted by atomic mass is 35.5. The number of nitrogens with zero attached hydrogens (tertiary/aromatic N) is 4. The highest BCUT2D eigenvalue weighted by Crippen LogP contribution is 2.19. The molecule has 0 saturated heterocycles. The van der Waals surface area contributed by atoms with Crippen molar-refractivity contribution in [3.8, 4) is 0 Å². The molecule has 0 aliphatic carbocycles. The van der Waals surface area contributed by atoms with Gasteiger partial charge in [-0.3, -0.25) is 0 Å². The summed E-state index contributed by atoms with van der Waals surface area (Å²) in [5.41, 5.74) is 4.17. The van der Waals surface area contributed by atoms with Crippen LogP contribution in [0.2, 0.25) is 5.28 Å². The number of hydrogen-bond donors (Lipinski definition) is 0. The molecule has 0 N–H and O–H groups in total. The fourth-order valence-corrected chi connectivity index (χ4v) is 2.19. The Morgan fingerprint density at radius 1 is 1.22 bits per heavy atom. The fourth-order valence-electron chi connectivity index (χ4n) is 2.02. The second kappa shape index (κ2) is 4.38. The van der Waals surface area contributed by atoms with Crippen LogP contribution in [0.5, 0.6) is 0 Å². The van der Waals surface area contributed by atoms with Gasteiger partial charge in [0.15, 0.2) is 0 Å². The molecule has 2 heterocycles. The van der Waals surface area contributed by atoms with Gasteiger partial charge in [0.25, 0.3) is 0 Å². The van der Waals surface area contributed by atoms with Crippen LogP contribution in [0.1, 0.15) is 11.3 Å².